The Bertz CT molecular complexity index is 926. The molecule has 1 fully saturated rings. The molecule has 0 spiro atoms. The van der Waals surface area contributed by atoms with E-state index in [1.165, 1.54) is 0 Å². The molecule has 150 valence electrons. The monoisotopic (exact) mass is 405 g/mol. The van der Waals surface area contributed by atoms with Gasteiger partial charge in [0.15, 0.2) is 7.14 Å². The van der Waals surface area contributed by atoms with E-state index in [1.807, 2.05) is 103 Å². The zero-order chi connectivity index (χ0) is 20.3. The molecule has 1 atom stereocenters. The van der Waals surface area contributed by atoms with Crippen LogP contribution >= 0.6 is 7.14 Å². The van der Waals surface area contributed by atoms with Gasteiger partial charge in [-0.2, -0.15) is 0 Å². The highest BCUT2D eigenvalue weighted by molar-refractivity contribution is 7.79. The normalized spacial score (nSPS) is 17.0. The molecule has 1 N–H and O–H groups in total. The second kappa shape index (κ2) is 8.18. The SMILES string of the molecule is CN(c1ccccc1)C(C1(O)CCCC1)P(=O)(c1ccccc1)c1ccccc1. The third-order valence-electron chi connectivity index (χ3n) is 6.10. The molecule has 1 unspecified atom stereocenters. The lowest BCUT2D eigenvalue weighted by atomic mass is 10.0. The fraction of sp³-hybridized carbons (Fsp3) is 0.280. The Morgan fingerprint density at radius 3 is 1.66 bits per heavy atom. The van der Waals surface area contributed by atoms with Crippen LogP contribution in [-0.2, 0) is 4.57 Å². The van der Waals surface area contributed by atoms with Crippen LogP contribution in [0.5, 0.6) is 0 Å². The van der Waals surface area contributed by atoms with Crippen molar-refractivity contribution in [3.63, 3.8) is 0 Å². The van der Waals surface area contributed by atoms with Crippen molar-refractivity contribution in [3.8, 4) is 0 Å². The summed E-state index contributed by atoms with van der Waals surface area (Å²) in [5.74, 6) is -0.537. The number of hydrogen-bond donors (Lipinski definition) is 1. The fourth-order valence-corrected chi connectivity index (χ4v) is 8.37. The smallest absolute Gasteiger partial charge is 0.167 e. The number of para-hydroxylation sites is 1. The van der Waals surface area contributed by atoms with Crippen molar-refractivity contribution < 1.29 is 9.67 Å². The average Bonchev–Trinajstić information content (AvgIpc) is 3.22. The van der Waals surface area contributed by atoms with Crippen molar-refractivity contribution >= 4 is 23.4 Å². The third kappa shape index (κ3) is 3.66. The molecule has 0 heterocycles. The van der Waals surface area contributed by atoms with Crippen LogP contribution in [-0.4, -0.2) is 23.5 Å². The molecule has 1 aliphatic carbocycles. The number of anilines is 1. The lowest BCUT2D eigenvalue weighted by Crippen LogP contribution is -2.53. The summed E-state index contributed by atoms with van der Waals surface area (Å²) in [7, 11) is -1.23. The summed E-state index contributed by atoms with van der Waals surface area (Å²) >= 11 is 0. The van der Waals surface area contributed by atoms with Crippen molar-refractivity contribution in [2.24, 2.45) is 0 Å². The quantitative estimate of drug-likeness (QED) is 0.601. The molecule has 0 amide bonds. The molecule has 3 aromatic rings. The average molecular weight is 405 g/mol. The van der Waals surface area contributed by atoms with Gasteiger partial charge in [-0.15, -0.1) is 0 Å². The zero-order valence-corrected chi connectivity index (χ0v) is 17.7. The van der Waals surface area contributed by atoms with Crippen LogP contribution in [0.3, 0.4) is 0 Å². The molecule has 0 aliphatic heterocycles. The highest BCUT2D eigenvalue weighted by Gasteiger charge is 2.52. The maximum Gasteiger partial charge on any atom is 0.167 e. The van der Waals surface area contributed by atoms with E-state index in [-0.39, 0.29) is 0 Å². The Balaban J connectivity index is 1.95. The van der Waals surface area contributed by atoms with Gasteiger partial charge in [0.25, 0.3) is 0 Å². The summed E-state index contributed by atoms with van der Waals surface area (Å²) in [6.45, 7) is 0. The van der Waals surface area contributed by atoms with E-state index in [0.29, 0.717) is 12.8 Å². The maximum absolute atomic E-state index is 15.1. The Hall–Kier alpha value is -2.35. The summed E-state index contributed by atoms with van der Waals surface area (Å²) in [4.78, 5) is 2.05. The summed E-state index contributed by atoms with van der Waals surface area (Å²) in [5, 5.41) is 13.4. The number of hydrogen-bond acceptors (Lipinski definition) is 3. The van der Waals surface area contributed by atoms with Crippen molar-refractivity contribution in [3.05, 3.63) is 91.0 Å². The Labute approximate surface area is 173 Å². The van der Waals surface area contributed by atoms with E-state index in [1.54, 1.807) is 0 Å². The van der Waals surface area contributed by atoms with Gasteiger partial charge >= 0.3 is 0 Å². The van der Waals surface area contributed by atoms with Gasteiger partial charge in [-0.05, 0) is 25.0 Å². The first-order chi connectivity index (χ1) is 14.1. The summed E-state index contributed by atoms with van der Waals surface area (Å²) < 4.78 is 15.1. The van der Waals surface area contributed by atoms with Crippen molar-refractivity contribution in [2.45, 2.75) is 37.1 Å². The molecule has 3 aromatic carbocycles. The lowest BCUT2D eigenvalue weighted by molar-refractivity contribution is 0.0429. The van der Waals surface area contributed by atoms with Crippen LogP contribution in [0, 0.1) is 0 Å². The highest BCUT2D eigenvalue weighted by Crippen LogP contribution is 2.57. The van der Waals surface area contributed by atoms with Gasteiger partial charge in [0.2, 0.25) is 0 Å². The minimum atomic E-state index is -3.19. The van der Waals surface area contributed by atoms with Crippen LogP contribution in [0.15, 0.2) is 91.0 Å². The van der Waals surface area contributed by atoms with Crippen molar-refractivity contribution in [1.29, 1.82) is 0 Å². The summed E-state index contributed by atoms with van der Waals surface area (Å²) in [6.07, 6.45) is 3.25. The molecule has 1 aliphatic rings. The lowest BCUT2D eigenvalue weighted by Gasteiger charge is -2.45. The molecule has 1 saturated carbocycles. The highest BCUT2D eigenvalue weighted by atomic mass is 31.2. The molecule has 0 radical (unpaired) electrons. The summed E-state index contributed by atoms with van der Waals surface area (Å²) in [5.41, 5.74) is -0.0453. The van der Waals surface area contributed by atoms with Crippen LogP contribution in [0.2, 0.25) is 0 Å². The van der Waals surface area contributed by atoms with Gasteiger partial charge in [0.05, 0.1) is 5.60 Å². The number of likely N-dealkylation sites (N-methyl/N-ethyl adjacent to an activating group) is 1. The third-order valence-corrected chi connectivity index (χ3v) is 9.75. The van der Waals surface area contributed by atoms with Gasteiger partial charge in [-0.25, -0.2) is 0 Å². The first-order valence-corrected chi connectivity index (χ1v) is 12.0. The van der Waals surface area contributed by atoms with Crippen LogP contribution in [0.25, 0.3) is 0 Å². The molecule has 29 heavy (non-hydrogen) atoms. The standard InChI is InChI=1S/C25H28NO2P/c1-26(21-13-5-2-6-14-21)24(25(27)19-11-12-20-25)29(28,22-15-7-3-8-16-22)23-17-9-4-10-18-23/h2-10,13-18,24,27H,11-12,19-20H2,1H3. The second-order valence-electron chi connectivity index (χ2n) is 7.96. The van der Waals surface area contributed by atoms with E-state index in [0.717, 1.165) is 29.1 Å². The van der Waals surface area contributed by atoms with E-state index in [9.17, 15) is 5.11 Å². The minimum Gasteiger partial charge on any atom is -0.387 e. The number of benzene rings is 3. The van der Waals surface area contributed by atoms with Gasteiger partial charge in [-0.1, -0.05) is 91.7 Å². The van der Waals surface area contributed by atoms with Gasteiger partial charge in [0.1, 0.15) is 5.78 Å². The van der Waals surface area contributed by atoms with Crippen LogP contribution < -0.4 is 15.5 Å². The fourth-order valence-electron chi connectivity index (χ4n) is 4.72. The molecule has 0 saturated heterocycles. The molecular formula is C25H28NO2P. The van der Waals surface area contributed by atoms with Crippen molar-refractivity contribution in [1.82, 2.24) is 0 Å². The van der Waals surface area contributed by atoms with Gasteiger partial charge in [-0.3, -0.25) is 0 Å². The minimum absolute atomic E-state index is 0.537. The zero-order valence-electron chi connectivity index (χ0n) is 16.8. The van der Waals surface area contributed by atoms with E-state index in [4.69, 9.17) is 0 Å². The Kier molecular flexibility index (Phi) is 5.63. The second-order valence-corrected chi connectivity index (χ2v) is 10.8. The van der Waals surface area contributed by atoms with Gasteiger partial charge in [0, 0.05) is 23.3 Å². The van der Waals surface area contributed by atoms with Crippen molar-refractivity contribution in [2.75, 3.05) is 11.9 Å². The number of rotatable bonds is 6. The molecule has 4 heteroatoms. The molecule has 4 rings (SSSR count). The predicted molar refractivity (Wildman–Crippen MR) is 122 cm³/mol. The van der Waals surface area contributed by atoms with Crippen LogP contribution in [0.1, 0.15) is 25.7 Å². The Morgan fingerprint density at radius 1 is 0.793 bits per heavy atom. The predicted octanol–water partition coefficient (Wildman–Crippen LogP) is 4.77. The van der Waals surface area contributed by atoms with E-state index < -0.39 is 18.5 Å². The largest absolute Gasteiger partial charge is 0.387 e. The Morgan fingerprint density at radius 2 is 1.21 bits per heavy atom. The van der Waals surface area contributed by atoms with Crippen LogP contribution in [0.4, 0.5) is 5.69 Å². The first-order valence-electron chi connectivity index (χ1n) is 10.3. The first kappa shape index (κ1) is 19.9. The molecule has 0 bridgehead atoms. The number of aliphatic hydroxyl groups is 1. The topological polar surface area (TPSA) is 40.5 Å². The molecule has 0 aromatic heterocycles. The summed E-state index contributed by atoms with van der Waals surface area (Å²) in [6, 6.07) is 29.4. The van der Waals surface area contributed by atoms with E-state index >= 15 is 4.57 Å². The molecule has 3 nitrogen and oxygen atoms in total. The molecular weight excluding hydrogens is 377 g/mol. The number of nitrogens with zero attached hydrogens (tertiary/aromatic N) is 1. The van der Waals surface area contributed by atoms with Gasteiger partial charge < -0.3 is 14.6 Å². The maximum atomic E-state index is 15.1. The van der Waals surface area contributed by atoms with E-state index in [2.05, 4.69) is 0 Å².